The van der Waals surface area contributed by atoms with Gasteiger partial charge in [0.15, 0.2) is 17.5 Å². The van der Waals surface area contributed by atoms with Crippen LogP contribution < -0.4 is 0 Å². The van der Waals surface area contributed by atoms with Gasteiger partial charge >= 0.3 is 0 Å². The van der Waals surface area contributed by atoms with Crippen molar-refractivity contribution in [1.82, 2.24) is 19.5 Å². The summed E-state index contributed by atoms with van der Waals surface area (Å²) in [6.07, 6.45) is 0. The zero-order chi connectivity index (χ0) is 31.7. The van der Waals surface area contributed by atoms with Crippen molar-refractivity contribution in [3.05, 3.63) is 155 Å². The maximum absolute atomic E-state index is 5.02. The number of nitrogens with zero attached hydrogens (tertiary/aromatic N) is 4. The molecule has 2 heterocycles. The number of aromatic nitrogens is 4. The third kappa shape index (κ3) is 4.38. The molecule has 2 aromatic heterocycles. The summed E-state index contributed by atoms with van der Waals surface area (Å²) in [5.41, 5.74) is 11.4. The molecule has 9 rings (SSSR count). The summed E-state index contributed by atoms with van der Waals surface area (Å²) in [5.74, 6) is 1.92. The third-order valence-electron chi connectivity index (χ3n) is 9.52. The van der Waals surface area contributed by atoms with Crippen molar-refractivity contribution < 1.29 is 0 Å². The van der Waals surface area contributed by atoms with Gasteiger partial charge in [-0.15, -0.1) is 0 Å². The van der Waals surface area contributed by atoms with Gasteiger partial charge in [0.1, 0.15) is 0 Å². The normalized spacial score (nSPS) is 13.2. The number of hydrogen-bond acceptors (Lipinski definition) is 3. The number of rotatable bonds is 4. The van der Waals surface area contributed by atoms with Crippen LogP contribution in [0.1, 0.15) is 25.0 Å². The average Bonchev–Trinajstić information content (AvgIpc) is 3.56. The van der Waals surface area contributed by atoms with Crippen molar-refractivity contribution in [3.63, 3.8) is 0 Å². The summed E-state index contributed by atoms with van der Waals surface area (Å²) in [6.45, 7) is 4.67. The Morgan fingerprint density at radius 1 is 0.489 bits per heavy atom. The molecule has 0 saturated heterocycles. The van der Waals surface area contributed by atoms with E-state index in [1.165, 1.54) is 38.5 Å². The van der Waals surface area contributed by atoms with E-state index in [0.29, 0.717) is 17.5 Å². The second-order valence-electron chi connectivity index (χ2n) is 12.6. The molecular weight excluding hydrogens is 640 g/mol. The molecule has 47 heavy (non-hydrogen) atoms. The third-order valence-corrected chi connectivity index (χ3v) is 10.2. The first-order chi connectivity index (χ1) is 23.0. The Morgan fingerprint density at radius 2 is 1.09 bits per heavy atom. The number of fused-ring (bicyclic) bond motifs is 6. The summed E-state index contributed by atoms with van der Waals surface area (Å²) in [5, 5.41) is 2.46. The summed E-state index contributed by atoms with van der Waals surface area (Å²) in [6, 6.07) is 48.9. The predicted molar refractivity (Wildman–Crippen MR) is 196 cm³/mol. The molecule has 0 N–H and O–H groups in total. The van der Waals surface area contributed by atoms with Crippen LogP contribution in [0.5, 0.6) is 0 Å². The topological polar surface area (TPSA) is 43.6 Å². The van der Waals surface area contributed by atoms with Gasteiger partial charge in [0.2, 0.25) is 0 Å². The lowest BCUT2D eigenvalue weighted by atomic mass is 9.82. The van der Waals surface area contributed by atoms with E-state index < -0.39 is 0 Å². The molecule has 0 amide bonds. The minimum atomic E-state index is -0.104. The average molecular weight is 670 g/mol. The van der Waals surface area contributed by atoms with Crippen LogP contribution in [0.25, 0.3) is 72.8 Å². The standard InChI is InChI=1S/C42H29BrN4/c1-42(2)33-19-11-9-17-29(33)31-24-32-30-18-10-12-20-36(30)47(37(32)25-34(31)42)38-23-28(21-22-35(38)43)41-45-39(26-13-5-3-6-14-26)44-40(46-41)27-15-7-4-8-16-27/h3-25H,1-2H3. The largest absolute Gasteiger partial charge is 0.308 e. The molecule has 6 aromatic carbocycles. The lowest BCUT2D eigenvalue weighted by molar-refractivity contribution is 0.661. The minimum absolute atomic E-state index is 0.104. The Bertz CT molecular complexity index is 2440. The Hall–Kier alpha value is -5.39. The van der Waals surface area contributed by atoms with Gasteiger partial charge in [-0.2, -0.15) is 0 Å². The molecule has 0 spiro atoms. The van der Waals surface area contributed by atoms with Crippen molar-refractivity contribution in [2.24, 2.45) is 0 Å². The van der Waals surface area contributed by atoms with Crippen LogP contribution in [0.4, 0.5) is 0 Å². The second kappa shape index (κ2) is 10.6. The highest BCUT2D eigenvalue weighted by molar-refractivity contribution is 9.10. The first-order valence-electron chi connectivity index (χ1n) is 15.8. The number of benzene rings is 6. The van der Waals surface area contributed by atoms with Crippen LogP contribution in [-0.2, 0) is 5.41 Å². The Morgan fingerprint density at radius 3 is 1.79 bits per heavy atom. The van der Waals surface area contributed by atoms with Crippen molar-refractivity contribution in [2.45, 2.75) is 19.3 Å². The molecule has 0 radical (unpaired) electrons. The van der Waals surface area contributed by atoms with E-state index >= 15 is 0 Å². The van der Waals surface area contributed by atoms with E-state index in [0.717, 1.165) is 32.4 Å². The molecule has 0 aliphatic heterocycles. The van der Waals surface area contributed by atoms with Crippen LogP contribution in [0.2, 0.25) is 0 Å². The molecule has 0 bridgehead atoms. The summed E-state index contributed by atoms with van der Waals surface area (Å²) < 4.78 is 3.38. The highest BCUT2D eigenvalue weighted by Crippen LogP contribution is 2.51. The molecule has 8 aromatic rings. The highest BCUT2D eigenvalue weighted by atomic mass is 79.9. The molecule has 0 unspecified atom stereocenters. The first kappa shape index (κ1) is 27.9. The molecule has 1 aliphatic rings. The molecule has 4 nitrogen and oxygen atoms in total. The van der Waals surface area contributed by atoms with E-state index in [-0.39, 0.29) is 5.41 Å². The monoisotopic (exact) mass is 668 g/mol. The van der Waals surface area contributed by atoms with E-state index in [1.54, 1.807) is 0 Å². The fourth-order valence-electron chi connectivity index (χ4n) is 7.18. The lowest BCUT2D eigenvalue weighted by Gasteiger charge is -2.22. The molecule has 224 valence electrons. The second-order valence-corrected chi connectivity index (χ2v) is 13.5. The minimum Gasteiger partial charge on any atom is -0.308 e. The van der Waals surface area contributed by atoms with Gasteiger partial charge in [0.25, 0.3) is 0 Å². The maximum Gasteiger partial charge on any atom is 0.164 e. The molecule has 1 aliphatic carbocycles. The highest BCUT2D eigenvalue weighted by Gasteiger charge is 2.36. The van der Waals surface area contributed by atoms with E-state index in [9.17, 15) is 0 Å². The van der Waals surface area contributed by atoms with E-state index in [2.05, 4.69) is 113 Å². The Labute approximate surface area is 281 Å². The number of para-hydroxylation sites is 1. The van der Waals surface area contributed by atoms with E-state index in [4.69, 9.17) is 15.0 Å². The summed E-state index contributed by atoms with van der Waals surface area (Å²) in [7, 11) is 0. The van der Waals surface area contributed by atoms with Gasteiger partial charge in [-0.1, -0.05) is 117 Å². The quantitative estimate of drug-likeness (QED) is 0.187. The summed E-state index contributed by atoms with van der Waals surface area (Å²) in [4.78, 5) is 14.9. The first-order valence-corrected chi connectivity index (χ1v) is 16.6. The van der Waals surface area contributed by atoms with Gasteiger partial charge in [-0.3, -0.25) is 0 Å². The van der Waals surface area contributed by atoms with Crippen LogP contribution in [0.15, 0.2) is 144 Å². The fourth-order valence-corrected chi connectivity index (χ4v) is 7.61. The van der Waals surface area contributed by atoms with Gasteiger partial charge < -0.3 is 4.57 Å². The van der Waals surface area contributed by atoms with Gasteiger partial charge in [-0.05, 0) is 74.6 Å². The van der Waals surface area contributed by atoms with Crippen molar-refractivity contribution >= 4 is 37.7 Å². The predicted octanol–water partition coefficient (Wildman–Crippen LogP) is 11.0. The molecule has 0 fully saturated rings. The zero-order valence-electron chi connectivity index (χ0n) is 25.9. The van der Waals surface area contributed by atoms with Gasteiger partial charge in [0.05, 0.1) is 16.7 Å². The van der Waals surface area contributed by atoms with Gasteiger partial charge in [-0.25, -0.2) is 15.0 Å². The van der Waals surface area contributed by atoms with Crippen LogP contribution in [0.3, 0.4) is 0 Å². The fraction of sp³-hybridized carbons (Fsp3) is 0.0714. The SMILES string of the molecule is CC1(C)c2ccccc2-c2cc3c4ccccc4n(-c4cc(-c5nc(-c6ccccc6)nc(-c6ccccc6)n5)ccc4Br)c3cc21. The Kier molecular flexibility index (Phi) is 6.28. The van der Waals surface area contributed by atoms with Crippen LogP contribution in [-0.4, -0.2) is 19.5 Å². The maximum atomic E-state index is 5.02. The van der Waals surface area contributed by atoms with Gasteiger partial charge in [0, 0.05) is 37.4 Å². The molecule has 5 heteroatoms. The van der Waals surface area contributed by atoms with Crippen LogP contribution in [0, 0.1) is 0 Å². The molecule has 0 atom stereocenters. The zero-order valence-corrected chi connectivity index (χ0v) is 27.5. The smallest absolute Gasteiger partial charge is 0.164 e. The van der Waals surface area contributed by atoms with Crippen molar-refractivity contribution in [3.8, 4) is 51.0 Å². The Balaban J connectivity index is 1.28. The number of hydrogen-bond donors (Lipinski definition) is 0. The van der Waals surface area contributed by atoms with E-state index in [1.807, 2.05) is 60.7 Å². The molecular formula is C42H29BrN4. The number of halogens is 1. The van der Waals surface area contributed by atoms with Crippen molar-refractivity contribution in [2.75, 3.05) is 0 Å². The molecule has 0 saturated carbocycles. The lowest BCUT2D eigenvalue weighted by Crippen LogP contribution is -2.15. The summed E-state index contributed by atoms with van der Waals surface area (Å²) >= 11 is 3.93. The van der Waals surface area contributed by atoms with Crippen LogP contribution >= 0.6 is 15.9 Å². The van der Waals surface area contributed by atoms with Crippen molar-refractivity contribution in [1.29, 1.82) is 0 Å².